The molecular weight excluding hydrogens is 140 g/mol. The van der Waals surface area contributed by atoms with Gasteiger partial charge >= 0.3 is 0 Å². The summed E-state index contributed by atoms with van der Waals surface area (Å²) in [4.78, 5) is 10.4. The first-order valence-electron chi connectivity index (χ1n) is 2.77. The van der Waals surface area contributed by atoms with Gasteiger partial charge in [-0.25, -0.2) is 0 Å². The number of rotatable bonds is 3. The zero-order chi connectivity index (χ0) is 7.28. The van der Waals surface area contributed by atoms with E-state index in [4.69, 9.17) is 17.3 Å². The van der Waals surface area contributed by atoms with Crippen molar-refractivity contribution in [2.24, 2.45) is 5.73 Å². The minimum absolute atomic E-state index is 0.0273. The molecule has 0 aromatic carbocycles. The van der Waals surface area contributed by atoms with Crippen molar-refractivity contribution in [3.8, 4) is 0 Å². The molecule has 0 aliphatic heterocycles. The van der Waals surface area contributed by atoms with Crippen LogP contribution in [0, 0.1) is 0 Å². The molecule has 0 bridgehead atoms. The lowest BCUT2D eigenvalue weighted by Gasteiger charge is -2.02. The van der Waals surface area contributed by atoms with Gasteiger partial charge in [0, 0.05) is 11.9 Å². The van der Waals surface area contributed by atoms with Crippen LogP contribution < -0.4 is 11.1 Å². The van der Waals surface area contributed by atoms with E-state index in [2.05, 4.69) is 5.32 Å². The summed E-state index contributed by atoms with van der Waals surface area (Å²) in [6, 6.07) is 0. The van der Waals surface area contributed by atoms with Gasteiger partial charge in [0.05, 0.1) is 6.54 Å². The van der Waals surface area contributed by atoms with Gasteiger partial charge in [-0.15, -0.1) is 11.6 Å². The van der Waals surface area contributed by atoms with Crippen LogP contribution in [0.3, 0.4) is 0 Å². The maximum Gasteiger partial charge on any atom is 0.233 e. The molecule has 3 N–H and O–H groups in total. The van der Waals surface area contributed by atoms with Crippen molar-refractivity contribution < 1.29 is 4.79 Å². The van der Waals surface area contributed by atoms with Gasteiger partial charge < -0.3 is 11.1 Å². The molecule has 0 fully saturated rings. The fraction of sp³-hybridized carbons (Fsp3) is 0.800. The number of hydrogen-bond donors (Lipinski definition) is 2. The summed E-state index contributed by atoms with van der Waals surface area (Å²) < 4.78 is 0. The Morgan fingerprint density at radius 1 is 1.89 bits per heavy atom. The molecule has 0 heterocycles. The van der Waals surface area contributed by atoms with E-state index >= 15 is 0 Å². The van der Waals surface area contributed by atoms with Crippen LogP contribution in [-0.4, -0.2) is 24.4 Å². The van der Waals surface area contributed by atoms with Crippen molar-refractivity contribution in [3.05, 3.63) is 0 Å². The summed E-state index contributed by atoms with van der Waals surface area (Å²) in [5.74, 6) is -0.164. The van der Waals surface area contributed by atoms with Crippen LogP contribution in [0.2, 0.25) is 0 Å². The lowest BCUT2D eigenvalue weighted by molar-refractivity contribution is -0.119. The molecule has 0 rings (SSSR count). The molecule has 0 saturated heterocycles. The molecule has 9 heavy (non-hydrogen) atoms. The minimum Gasteiger partial charge on any atom is -0.354 e. The molecule has 1 atom stereocenters. The summed E-state index contributed by atoms with van der Waals surface area (Å²) in [5.41, 5.74) is 5.00. The van der Waals surface area contributed by atoms with E-state index in [0.717, 1.165) is 0 Å². The van der Waals surface area contributed by atoms with E-state index in [0.29, 0.717) is 6.54 Å². The summed E-state index contributed by atoms with van der Waals surface area (Å²) >= 11 is 5.52. The average molecular weight is 151 g/mol. The topological polar surface area (TPSA) is 55.1 Å². The number of halogens is 1. The smallest absolute Gasteiger partial charge is 0.233 e. The Hall–Kier alpha value is -0.280. The van der Waals surface area contributed by atoms with E-state index in [1.54, 1.807) is 6.92 Å². The van der Waals surface area contributed by atoms with Gasteiger partial charge in [0.15, 0.2) is 0 Å². The third-order valence-electron chi connectivity index (χ3n) is 0.766. The Morgan fingerprint density at radius 3 is 2.78 bits per heavy atom. The summed E-state index contributed by atoms with van der Waals surface area (Å²) in [5, 5.41) is 2.51. The largest absolute Gasteiger partial charge is 0.354 e. The Morgan fingerprint density at radius 2 is 2.44 bits per heavy atom. The van der Waals surface area contributed by atoms with Gasteiger partial charge in [-0.3, -0.25) is 4.79 Å². The second-order valence-electron chi connectivity index (χ2n) is 1.79. The second kappa shape index (κ2) is 4.58. The summed E-state index contributed by atoms with van der Waals surface area (Å²) in [7, 11) is 0. The maximum atomic E-state index is 10.4. The van der Waals surface area contributed by atoms with Crippen LogP contribution in [0.1, 0.15) is 6.92 Å². The standard InChI is InChI=1S/C5H11ClN2O/c1-4(6)3-8-5(9)2-7/h4H,2-3,7H2,1H3,(H,8,9)/t4-/m1/s1. The Balaban J connectivity index is 3.17. The molecule has 54 valence electrons. The molecule has 4 heteroatoms. The minimum atomic E-state index is -0.164. The lowest BCUT2D eigenvalue weighted by Crippen LogP contribution is -2.33. The van der Waals surface area contributed by atoms with Crippen LogP contribution >= 0.6 is 11.6 Å². The predicted octanol–water partition coefficient (Wildman–Crippen LogP) is -0.311. The Kier molecular flexibility index (Phi) is 4.44. The normalized spacial score (nSPS) is 12.8. The molecule has 3 nitrogen and oxygen atoms in total. The third-order valence-corrected chi connectivity index (χ3v) is 0.920. The number of amides is 1. The fourth-order valence-corrected chi connectivity index (χ4v) is 0.404. The Labute approximate surface area is 59.6 Å². The van der Waals surface area contributed by atoms with Gasteiger partial charge in [-0.1, -0.05) is 0 Å². The molecule has 0 unspecified atom stereocenters. The molecule has 0 radical (unpaired) electrons. The summed E-state index contributed by atoms with van der Waals surface area (Å²) in [6.45, 7) is 2.32. The molecule has 0 saturated carbocycles. The first-order chi connectivity index (χ1) is 4.16. The molecule has 0 aliphatic carbocycles. The molecule has 0 aromatic rings. The van der Waals surface area contributed by atoms with E-state index in [1.165, 1.54) is 0 Å². The highest BCUT2D eigenvalue weighted by Gasteiger charge is 1.98. The van der Waals surface area contributed by atoms with Crippen LogP contribution in [0.4, 0.5) is 0 Å². The van der Waals surface area contributed by atoms with Crippen molar-refractivity contribution in [3.63, 3.8) is 0 Å². The number of alkyl halides is 1. The van der Waals surface area contributed by atoms with E-state index in [1.807, 2.05) is 0 Å². The molecule has 0 aliphatic rings. The van der Waals surface area contributed by atoms with Crippen LogP contribution in [0.5, 0.6) is 0 Å². The van der Waals surface area contributed by atoms with Gasteiger partial charge in [0.1, 0.15) is 0 Å². The first kappa shape index (κ1) is 8.72. The molecule has 0 aromatic heterocycles. The monoisotopic (exact) mass is 150 g/mol. The van der Waals surface area contributed by atoms with E-state index in [-0.39, 0.29) is 17.8 Å². The SMILES string of the molecule is C[C@@H](Cl)CNC(=O)CN. The van der Waals surface area contributed by atoms with Gasteiger partial charge in [0.25, 0.3) is 0 Å². The van der Waals surface area contributed by atoms with Crippen molar-refractivity contribution in [1.29, 1.82) is 0 Å². The quantitative estimate of drug-likeness (QED) is 0.543. The van der Waals surface area contributed by atoms with Crippen molar-refractivity contribution in [2.75, 3.05) is 13.1 Å². The van der Waals surface area contributed by atoms with E-state index in [9.17, 15) is 4.79 Å². The molecule has 0 spiro atoms. The average Bonchev–Trinajstić information content (AvgIpc) is 1.83. The number of hydrogen-bond acceptors (Lipinski definition) is 2. The van der Waals surface area contributed by atoms with Gasteiger partial charge in [-0.2, -0.15) is 0 Å². The highest BCUT2D eigenvalue weighted by molar-refractivity contribution is 6.20. The molecule has 1 amide bonds. The number of nitrogens with two attached hydrogens (primary N) is 1. The fourth-order valence-electron chi connectivity index (χ4n) is 0.327. The predicted molar refractivity (Wildman–Crippen MR) is 37.4 cm³/mol. The number of carbonyl (C=O) groups excluding carboxylic acids is 1. The van der Waals surface area contributed by atoms with Crippen LogP contribution in [0.25, 0.3) is 0 Å². The zero-order valence-electron chi connectivity index (χ0n) is 5.36. The molecular formula is C5H11ClN2O. The van der Waals surface area contributed by atoms with Crippen molar-refractivity contribution in [2.45, 2.75) is 12.3 Å². The van der Waals surface area contributed by atoms with E-state index < -0.39 is 0 Å². The van der Waals surface area contributed by atoms with Crippen molar-refractivity contribution in [1.82, 2.24) is 5.32 Å². The maximum absolute atomic E-state index is 10.4. The second-order valence-corrected chi connectivity index (χ2v) is 2.53. The number of nitrogens with one attached hydrogen (secondary N) is 1. The van der Waals surface area contributed by atoms with Gasteiger partial charge in [0.2, 0.25) is 5.91 Å². The van der Waals surface area contributed by atoms with Crippen molar-refractivity contribution >= 4 is 17.5 Å². The van der Waals surface area contributed by atoms with Gasteiger partial charge in [-0.05, 0) is 6.92 Å². The Bertz CT molecular complexity index is 95.0. The zero-order valence-corrected chi connectivity index (χ0v) is 6.11. The number of carbonyl (C=O) groups is 1. The third kappa shape index (κ3) is 5.59. The van der Waals surface area contributed by atoms with Crippen LogP contribution in [-0.2, 0) is 4.79 Å². The lowest BCUT2D eigenvalue weighted by atomic mass is 10.4. The summed E-state index contributed by atoms with van der Waals surface area (Å²) in [6.07, 6.45) is 0. The highest BCUT2D eigenvalue weighted by Crippen LogP contribution is 1.88. The highest BCUT2D eigenvalue weighted by atomic mass is 35.5. The first-order valence-corrected chi connectivity index (χ1v) is 3.21. The van der Waals surface area contributed by atoms with Crippen LogP contribution in [0.15, 0.2) is 0 Å².